The molecule has 0 spiro atoms. The summed E-state index contributed by atoms with van der Waals surface area (Å²) < 4.78 is 0. The summed E-state index contributed by atoms with van der Waals surface area (Å²) >= 11 is 0. The summed E-state index contributed by atoms with van der Waals surface area (Å²) in [4.78, 5) is 16.9. The summed E-state index contributed by atoms with van der Waals surface area (Å²) in [6, 6.07) is 3.17. The smallest absolute Gasteiger partial charge is 0.311 e. The molecule has 0 saturated carbocycles. The first-order valence-electron chi connectivity index (χ1n) is 6.09. The van der Waals surface area contributed by atoms with Crippen molar-refractivity contribution in [1.29, 1.82) is 0 Å². The lowest BCUT2D eigenvalue weighted by Gasteiger charge is -2.17. The Balaban J connectivity index is 2.23. The Morgan fingerprint density at radius 2 is 2.39 bits per heavy atom. The molecule has 98 valence electrons. The third-order valence-electron chi connectivity index (χ3n) is 3.31. The number of hydrogen-bond donors (Lipinski definition) is 1. The van der Waals surface area contributed by atoms with Crippen LogP contribution in [-0.2, 0) is 0 Å². The monoisotopic (exact) mass is 251 g/mol. The lowest BCUT2D eigenvalue weighted by Crippen LogP contribution is -2.22. The Morgan fingerprint density at radius 3 is 3.06 bits per heavy atom. The van der Waals surface area contributed by atoms with Crippen LogP contribution in [0.25, 0.3) is 0 Å². The Kier molecular flexibility index (Phi) is 3.76. The van der Waals surface area contributed by atoms with Crippen LogP contribution >= 0.6 is 0 Å². The topological polar surface area (TPSA) is 79.5 Å². The Hall–Kier alpha value is -1.69. The average Bonchev–Trinajstić information content (AvgIpc) is 2.77. The van der Waals surface area contributed by atoms with Gasteiger partial charge in [0.1, 0.15) is 0 Å². The van der Waals surface area contributed by atoms with Crippen molar-refractivity contribution in [3.8, 4) is 0 Å². The standard InChI is InChI=1S/C12H17N3O3/c1-9-2-3-11(15(17)18)12(13-9)14-6-4-10(8-14)5-7-16/h2-3,10,16H,4-8H2,1H3. The third-order valence-corrected chi connectivity index (χ3v) is 3.31. The van der Waals surface area contributed by atoms with E-state index in [2.05, 4.69) is 4.98 Å². The van der Waals surface area contributed by atoms with Crippen molar-refractivity contribution in [1.82, 2.24) is 4.98 Å². The molecule has 6 nitrogen and oxygen atoms in total. The summed E-state index contributed by atoms with van der Waals surface area (Å²) in [5.41, 5.74) is 0.839. The predicted octanol–water partition coefficient (Wildman–Crippen LogP) is 1.51. The van der Waals surface area contributed by atoms with Crippen molar-refractivity contribution < 1.29 is 10.0 Å². The first-order chi connectivity index (χ1) is 8.61. The molecule has 2 heterocycles. The van der Waals surface area contributed by atoms with E-state index < -0.39 is 0 Å². The highest BCUT2D eigenvalue weighted by Gasteiger charge is 2.28. The van der Waals surface area contributed by atoms with Gasteiger partial charge in [-0.05, 0) is 31.7 Å². The maximum absolute atomic E-state index is 11.0. The molecule has 1 unspecified atom stereocenters. The highest BCUT2D eigenvalue weighted by molar-refractivity contribution is 5.58. The van der Waals surface area contributed by atoms with Gasteiger partial charge in [0.25, 0.3) is 0 Å². The molecule has 1 fully saturated rings. The van der Waals surface area contributed by atoms with Crippen molar-refractivity contribution in [2.45, 2.75) is 19.8 Å². The van der Waals surface area contributed by atoms with E-state index in [0.29, 0.717) is 11.7 Å². The van der Waals surface area contributed by atoms with E-state index in [0.717, 1.165) is 31.6 Å². The highest BCUT2D eigenvalue weighted by atomic mass is 16.6. The molecule has 0 radical (unpaired) electrons. The van der Waals surface area contributed by atoms with Crippen molar-refractivity contribution in [2.75, 3.05) is 24.6 Å². The minimum Gasteiger partial charge on any atom is -0.396 e. The van der Waals surface area contributed by atoms with Crippen molar-refractivity contribution in [2.24, 2.45) is 5.92 Å². The van der Waals surface area contributed by atoms with Crippen molar-refractivity contribution >= 4 is 11.5 Å². The Bertz CT molecular complexity index is 450. The second-order valence-corrected chi connectivity index (χ2v) is 4.67. The third kappa shape index (κ3) is 2.59. The maximum Gasteiger partial charge on any atom is 0.311 e. The van der Waals surface area contributed by atoms with Crippen LogP contribution in [0.1, 0.15) is 18.5 Å². The van der Waals surface area contributed by atoms with E-state index >= 15 is 0 Å². The maximum atomic E-state index is 11.0. The molecule has 2 rings (SSSR count). The molecule has 0 amide bonds. The molecular formula is C12H17N3O3. The second kappa shape index (κ2) is 5.30. The SMILES string of the molecule is Cc1ccc([N+](=O)[O-])c(N2CCC(CCO)C2)n1. The number of pyridine rings is 1. The number of aryl methyl sites for hydroxylation is 1. The van der Waals surface area contributed by atoms with E-state index in [1.54, 1.807) is 6.07 Å². The van der Waals surface area contributed by atoms with E-state index in [1.165, 1.54) is 6.07 Å². The number of rotatable bonds is 4. The van der Waals surface area contributed by atoms with Crippen LogP contribution in [0.3, 0.4) is 0 Å². The molecule has 1 aliphatic heterocycles. The number of aromatic nitrogens is 1. The fraction of sp³-hybridized carbons (Fsp3) is 0.583. The zero-order valence-electron chi connectivity index (χ0n) is 10.4. The highest BCUT2D eigenvalue weighted by Crippen LogP contribution is 2.31. The zero-order chi connectivity index (χ0) is 13.1. The molecule has 1 aliphatic rings. The molecule has 1 N–H and O–H groups in total. The molecule has 1 aromatic heterocycles. The lowest BCUT2D eigenvalue weighted by molar-refractivity contribution is -0.384. The van der Waals surface area contributed by atoms with Gasteiger partial charge in [-0.25, -0.2) is 4.98 Å². The molecular weight excluding hydrogens is 234 g/mol. The largest absolute Gasteiger partial charge is 0.396 e. The van der Waals surface area contributed by atoms with Gasteiger partial charge >= 0.3 is 5.69 Å². The normalized spacial score (nSPS) is 19.2. The van der Waals surface area contributed by atoms with Gasteiger partial charge in [0.05, 0.1) is 4.92 Å². The quantitative estimate of drug-likeness (QED) is 0.648. The number of nitro groups is 1. The molecule has 6 heteroatoms. The van der Waals surface area contributed by atoms with Crippen LogP contribution in [0.4, 0.5) is 11.5 Å². The predicted molar refractivity (Wildman–Crippen MR) is 67.7 cm³/mol. The van der Waals surface area contributed by atoms with Crippen LogP contribution in [0.2, 0.25) is 0 Å². The summed E-state index contributed by atoms with van der Waals surface area (Å²) in [5.74, 6) is 0.859. The van der Waals surface area contributed by atoms with E-state index in [-0.39, 0.29) is 17.2 Å². The Labute approximate surface area is 105 Å². The fourth-order valence-corrected chi connectivity index (χ4v) is 2.35. The molecule has 0 aromatic carbocycles. The lowest BCUT2D eigenvalue weighted by atomic mass is 10.1. The number of nitrogens with zero attached hydrogens (tertiary/aromatic N) is 3. The number of aliphatic hydroxyl groups is 1. The minimum absolute atomic E-state index is 0.0604. The molecule has 0 bridgehead atoms. The van der Waals surface area contributed by atoms with Gasteiger partial charge in [-0.1, -0.05) is 0 Å². The van der Waals surface area contributed by atoms with E-state index in [1.807, 2.05) is 11.8 Å². The number of aliphatic hydroxyl groups excluding tert-OH is 1. The molecule has 18 heavy (non-hydrogen) atoms. The summed E-state index contributed by atoms with van der Waals surface area (Å²) in [7, 11) is 0. The number of hydrogen-bond acceptors (Lipinski definition) is 5. The van der Waals surface area contributed by atoms with Gasteiger partial charge in [0.15, 0.2) is 0 Å². The second-order valence-electron chi connectivity index (χ2n) is 4.67. The van der Waals surface area contributed by atoms with E-state index in [9.17, 15) is 10.1 Å². The first-order valence-corrected chi connectivity index (χ1v) is 6.09. The summed E-state index contributed by atoms with van der Waals surface area (Å²) in [6.45, 7) is 3.50. The van der Waals surface area contributed by atoms with Gasteiger partial charge < -0.3 is 10.0 Å². The van der Waals surface area contributed by atoms with Crippen LogP contribution in [0, 0.1) is 23.0 Å². The van der Waals surface area contributed by atoms with Gasteiger partial charge in [-0.2, -0.15) is 0 Å². The summed E-state index contributed by atoms with van der Waals surface area (Å²) in [5, 5.41) is 19.9. The van der Waals surface area contributed by atoms with Crippen LogP contribution in [0.5, 0.6) is 0 Å². The van der Waals surface area contributed by atoms with Gasteiger partial charge in [0.2, 0.25) is 5.82 Å². The molecule has 0 aliphatic carbocycles. The molecule has 1 saturated heterocycles. The molecule has 1 aromatic rings. The summed E-state index contributed by atoms with van der Waals surface area (Å²) in [6.07, 6.45) is 1.70. The number of anilines is 1. The van der Waals surface area contributed by atoms with Crippen molar-refractivity contribution in [3.63, 3.8) is 0 Å². The fourth-order valence-electron chi connectivity index (χ4n) is 2.35. The van der Waals surface area contributed by atoms with Crippen LogP contribution in [-0.4, -0.2) is 34.7 Å². The van der Waals surface area contributed by atoms with Crippen LogP contribution < -0.4 is 4.90 Å². The first kappa shape index (κ1) is 12.8. The van der Waals surface area contributed by atoms with Gasteiger partial charge in [0, 0.05) is 31.5 Å². The Morgan fingerprint density at radius 1 is 1.61 bits per heavy atom. The zero-order valence-corrected chi connectivity index (χ0v) is 10.4. The van der Waals surface area contributed by atoms with Gasteiger partial charge in [-0.3, -0.25) is 10.1 Å². The van der Waals surface area contributed by atoms with Crippen molar-refractivity contribution in [3.05, 3.63) is 27.9 Å². The van der Waals surface area contributed by atoms with E-state index in [4.69, 9.17) is 5.11 Å². The van der Waals surface area contributed by atoms with Gasteiger partial charge in [-0.15, -0.1) is 0 Å². The van der Waals surface area contributed by atoms with Crippen LogP contribution in [0.15, 0.2) is 12.1 Å². The minimum atomic E-state index is -0.388. The average molecular weight is 251 g/mol. The molecule has 1 atom stereocenters.